The molecule has 10 heteroatoms. The maximum Gasteiger partial charge on any atom is 0.412 e. The smallest absolute Gasteiger partial charge is 0.412 e. The van der Waals surface area contributed by atoms with E-state index in [9.17, 15) is 9.59 Å². The molecule has 2 N–H and O–H groups in total. The van der Waals surface area contributed by atoms with Gasteiger partial charge in [0.2, 0.25) is 5.95 Å². The second-order valence-corrected chi connectivity index (χ2v) is 10.8. The molecule has 0 atom stereocenters. The fourth-order valence-corrected chi connectivity index (χ4v) is 4.46. The van der Waals surface area contributed by atoms with Gasteiger partial charge in [0.1, 0.15) is 11.3 Å². The molecule has 8 nitrogen and oxygen atoms in total. The van der Waals surface area contributed by atoms with Crippen LogP contribution in [0.2, 0.25) is 5.02 Å². The molecule has 2 heterocycles. The molecule has 4 rings (SSSR count). The number of rotatable bonds is 5. The molecule has 2 aromatic carbocycles. The van der Waals surface area contributed by atoms with Crippen molar-refractivity contribution in [3.05, 3.63) is 74.1 Å². The monoisotopic (exact) mass is 511 g/mol. The number of aryl methyl sites for hydroxylation is 2. The first-order valence-corrected chi connectivity index (χ1v) is 12.2. The van der Waals surface area contributed by atoms with Gasteiger partial charge in [0.15, 0.2) is 0 Å². The van der Waals surface area contributed by atoms with Crippen LogP contribution >= 0.6 is 22.9 Å². The first-order valence-electron chi connectivity index (χ1n) is 11.0. The van der Waals surface area contributed by atoms with E-state index in [1.165, 1.54) is 4.57 Å². The minimum absolute atomic E-state index is 0.0623. The number of aromatic nitrogens is 3. The number of hydrogen-bond acceptors (Lipinski definition) is 7. The zero-order chi connectivity index (χ0) is 25.3. The fourth-order valence-electron chi connectivity index (χ4n) is 3.47. The highest BCUT2D eigenvalue weighted by molar-refractivity contribution is 7.18. The third-order valence-corrected chi connectivity index (χ3v) is 6.17. The topological polar surface area (TPSA) is 98.1 Å². The Bertz CT molecular complexity index is 1460. The van der Waals surface area contributed by atoms with Gasteiger partial charge in [0.25, 0.3) is 5.56 Å². The van der Waals surface area contributed by atoms with Gasteiger partial charge in [-0.1, -0.05) is 23.7 Å². The van der Waals surface area contributed by atoms with Crippen LogP contribution in [0.4, 0.5) is 22.1 Å². The van der Waals surface area contributed by atoms with Crippen LogP contribution in [0, 0.1) is 13.8 Å². The van der Waals surface area contributed by atoms with Gasteiger partial charge >= 0.3 is 6.09 Å². The van der Waals surface area contributed by atoms with E-state index in [1.54, 1.807) is 51.2 Å². The van der Waals surface area contributed by atoms with Crippen LogP contribution in [0.3, 0.4) is 0 Å². The van der Waals surface area contributed by atoms with Crippen LogP contribution in [0.15, 0.2) is 47.3 Å². The van der Waals surface area contributed by atoms with Gasteiger partial charge < -0.3 is 10.1 Å². The van der Waals surface area contributed by atoms with E-state index in [1.807, 2.05) is 37.3 Å². The van der Waals surface area contributed by atoms with Crippen molar-refractivity contribution in [2.75, 3.05) is 10.6 Å². The number of thiazole rings is 1. The third kappa shape index (κ3) is 5.98. The summed E-state index contributed by atoms with van der Waals surface area (Å²) >= 11 is 7.62. The van der Waals surface area contributed by atoms with E-state index >= 15 is 0 Å². The van der Waals surface area contributed by atoms with Gasteiger partial charge in [0, 0.05) is 10.7 Å². The highest BCUT2D eigenvalue weighted by Crippen LogP contribution is 2.27. The predicted octanol–water partition coefficient (Wildman–Crippen LogP) is 6.26. The molecule has 4 aromatic rings. The molecule has 0 bridgehead atoms. The lowest BCUT2D eigenvalue weighted by molar-refractivity contribution is 0.0635. The second-order valence-electron chi connectivity index (χ2n) is 9.08. The summed E-state index contributed by atoms with van der Waals surface area (Å²) in [7, 11) is 0. The fraction of sp³-hybridized carbons (Fsp3) is 0.280. The van der Waals surface area contributed by atoms with E-state index < -0.39 is 17.3 Å². The standard InChI is InChI=1S/C25H26ClN5O3S/c1-14-21(30-24(33)34-25(3,4)5)22(32)31(13-16-6-8-17(26)9-7-16)23(27-14)29-18-10-11-19-20(12-18)35-15(2)28-19/h6-12H,13H2,1-5H3,(H,27,29)(H,30,33). The van der Waals surface area contributed by atoms with Crippen molar-refractivity contribution in [3.63, 3.8) is 0 Å². The predicted molar refractivity (Wildman–Crippen MR) is 141 cm³/mol. The van der Waals surface area contributed by atoms with Crippen molar-refractivity contribution in [2.24, 2.45) is 0 Å². The molecule has 0 aliphatic rings. The number of ether oxygens (including phenoxy) is 1. The summed E-state index contributed by atoms with van der Waals surface area (Å²) in [6.07, 6.45) is -0.718. The number of hydrogen-bond donors (Lipinski definition) is 2. The zero-order valence-corrected chi connectivity index (χ0v) is 21.7. The number of halogens is 1. The summed E-state index contributed by atoms with van der Waals surface area (Å²) in [5, 5.41) is 7.42. The number of nitrogens with zero attached hydrogens (tertiary/aromatic N) is 3. The average Bonchev–Trinajstić information content (AvgIpc) is 3.13. The Kier molecular flexibility index (Phi) is 6.82. The molecular formula is C25H26ClN5O3S. The first kappa shape index (κ1) is 24.7. The normalized spacial score (nSPS) is 11.5. The summed E-state index contributed by atoms with van der Waals surface area (Å²) < 4.78 is 7.83. The Labute approximate surface area is 211 Å². The molecular weight excluding hydrogens is 486 g/mol. The Hall–Kier alpha value is -3.43. The Morgan fingerprint density at radius 3 is 2.51 bits per heavy atom. The number of amides is 1. The van der Waals surface area contributed by atoms with Crippen molar-refractivity contribution in [1.29, 1.82) is 0 Å². The molecule has 0 saturated carbocycles. The van der Waals surface area contributed by atoms with Crippen LogP contribution < -0.4 is 16.2 Å². The summed E-state index contributed by atoms with van der Waals surface area (Å²) in [5.74, 6) is 0.345. The van der Waals surface area contributed by atoms with E-state index in [0.29, 0.717) is 16.7 Å². The quantitative estimate of drug-likeness (QED) is 0.328. The van der Waals surface area contributed by atoms with Crippen LogP contribution in [-0.2, 0) is 11.3 Å². The Balaban J connectivity index is 1.75. The largest absolute Gasteiger partial charge is 0.444 e. The Morgan fingerprint density at radius 1 is 1.11 bits per heavy atom. The number of anilines is 3. The molecule has 1 amide bonds. The lowest BCUT2D eigenvalue weighted by Gasteiger charge is -2.21. The van der Waals surface area contributed by atoms with E-state index in [-0.39, 0.29) is 12.2 Å². The molecule has 2 aromatic heterocycles. The lowest BCUT2D eigenvalue weighted by Crippen LogP contribution is -2.33. The highest BCUT2D eigenvalue weighted by atomic mass is 35.5. The number of fused-ring (bicyclic) bond motifs is 1. The van der Waals surface area contributed by atoms with Gasteiger partial charge in [-0.2, -0.15) is 0 Å². The van der Waals surface area contributed by atoms with E-state index in [0.717, 1.165) is 26.5 Å². The van der Waals surface area contributed by atoms with Gasteiger partial charge in [-0.15, -0.1) is 11.3 Å². The number of benzene rings is 2. The summed E-state index contributed by atoms with van der Waals surface area (Å²) in [6.45, 7) is 9.11. The SMILES string of the molecule is Cc1nc2ccc(Nc3nc(C)c(NC(=O)OC(C)(C)C)c(=O)n3Cc3ccc(Cl)cc3)cc2s1. The van der Waals surface area contributed by atoms with Crippen LogP contribution in [0.5, 0.6) is 0 Å². The zero-order valence-electron chi connectivity index (χ0n) is 20.1. The van der Waals surface area contributed by atoms with Gasteiger partial charge in [0.05, 0.1) is 27.5 Å². The van der Waals surface area contributed by atoms with Crippen LogP contribution in [0.25, 0.3) is 10.2 Å². The number of carbonyl (C=O) groups excluding carboxylic acids is 1. The van der Waals surface area contributed by atoms with E-state index in [2.05, 4.69) is 20.6 Å². The first-order chi connectivity index (χ1) is 16.5. The molecule has 0 fully saturated rings. The average molecular weight is 512 g/mol. The lowest BCUT2D eigenvalue weighted by atomic mass is 10.2. The van der Waals surface area contributed by atoms with Crippen molar-refractivity contribution < 1.29 is 9.53 Å². The van der Waals surface area contributed by atoms with E-state index in [4.69, 9.17) is 16.3 Å². The molecule has 0 aliphatic heterocycles. The minimum atomic E-state index is -0.718. The Morgan fingerprint density at radius 2 is 1.83 bits per heavy atom. The van der Waals surface area contributed by atoms with Gasteiger partial charge in [-0.25, -0.2) is 14.8 Å². The molecule has 0 unspecified atom stereocenters. The molecule has 0 radical (unpaired) electrons. The highest BCUT2D eigenvalue weighted by Gasteiger charge is 2.21. The third-order valence-electron chi connectivity index (χ3n) is 4.98. The number of nitrogens with one attached hydrogen (secondary N) is 2. The van der Waals surface area contributed by atoms with Crippen molar-refractivity contribution in [3.8, 4) is 0 Å². The van der Waals surface area contributed by atoms with Gasteiger partial charge in [-0.3, -0.25) is 14.7 Å². The van der Waals surface area contributed by atoms with Crippen molar-refractivity contribution in [2.45, 2.75) is 46.8 Å². The summed E-state index contributed by atoms with van der Waals surface area (Å²) in [6, 6.07) is 13.0. The van der Waals surface area contributed by atoms with Gasteiger partial charge in [-0.05, 0) is 70.5 Å². The molecule has 182 valence electrons. The van der Waals surface area contributed by atoms with Crippen molar-refractivity contribution >= 4 is 56.6 Å². The summed E-state index contributed by atoms with van der Waals surface area (Å²) in [5.41, 5.74) is 1.85. The van der Waals surface area contributed by atoms with Crippen LogP contribution in [0.1, 0.15) is 37.0 Å². The van der Waals surface area contributed by atoms with Crippen LogP contribution in [-0.4, -0.2) is 26.2 Å². The van der Waals surface area contributed by atoms with Crippen molar-refractivity contribution in [1.82, 2.24) is 14.5 Å². The molecule has 0 saturated heterocycles. The molecule has 0 aliphatic carbocycles. The second kappa shape index (κ2) is 9.67. The maximum absolute atomic E-state index is 13.6. The molecule has 35 heavy (non-hydrogen) atoms. The maximum atomic E-state index is 13.6. The summed E-state index contributed by atoms with van der Waals surface area (Å²) in [4.78, 5) is 35.1. The minimum Gasteiger partial charge on any atom is -0.444 e. The molecule has 0 spiro atoms. The number of carbonyl (C=O) groups is 1.